The molecule has 0 amide bonds. The van der Waals surface area contributed by atoms with E-state index in [1.165, 1.54) is 26.4 Å². The molecule has 0 atom stereocenters. The Balaban J connectivity index is 3.32. The zero-order valence-corrected chi connectivity index (χ0v) is 9.47. The summed E-state index contributed by atoms with van der Waals surface area (Å²) in [6.45, 7) is 0. The van der Waals surface area contributed by atoms with Crippen molar-refractivity contribution in [3.63, 3.8) is 0 Å². The van der Waals surface area contributed by atoms with Crippen molar-refractivity contribution in [3.8, 4) is 11.5 Å². The van der Waals surface area contributed by atoms with Crippen LogP contribution in [0.3, 0.4) is 0 Å². The number of rotatable bonds is 3. The van der Waals surface area contributed by atoms with Crippen LogP contribution in [0.2, 0.25) is 0 Å². The van der Waals surface area contributed by atoms with Gasteiger partial charge in [-0.1, -0.05) is 15.9 Å². The molecule has 2 nitrogen and oxygen atoms in total. The lowest BCUT2D eigenvalue weighted by atomic mass is 10.1. The smallest absolute Gasteiger partial charge is 0.132 e. The maximum atomic E-state index is 13.0. The quantitative estimate of drug-likeness (QED) is 0.831. The van der Waals surface area contributed by atoms with Crippen LogP contribution in [0.15, 0.2) is 17.1 Å². The zero-order valence-electron chi connectivity index (χ0n) is 7.88. The summed E-state index contributed by atoms with van der Waals surface area (Å²) in [5.74, 6) is 0.500. The number of benzene rings is 1. The molecule has 0 aliphatic carbocycles. The molecule has 1 aromatic carbocycles. The van der Waals surface area contributed by atoms with Gasteiger partial charge in [0.05, 0.1) is 19.8 Å². The van der Waals surface area contributed by atoms with Crippen LogP contribution >= 0.6 is 15.9 Å². The Morgan fingerprint density at radius 2 is 1.71 bits per heavy atom. The van der Waals surface area contributed by atoms with E-state index in [4.69, 9.17) is 9.47 Å². The SMILES string of the molecule is COc1cc(F)cc(OC)c1/C=C/Br. The molecule has 0 bridgehead atoms. The van der Waals surface area contributed by atoms with Gasteiger partial charge in [0.25, 0.3) is 0 Å². The standard InChI is InChI=1S/C10H10BrFO2/c1-13-9-5-7(12)6-10(14-2)8(9)3-4-11/h3-6H,1-2H3/b4-3+. The van der Waals surface area contributed by atoms with E-state index in [0.29, 0.717) is 17.1 Å². The highest BCUT2D eigenvalue weighted by molar-refractivity contribution is 9.11. The first-order valence-electron chi connectivity index (χ1n) is 3.91. The van der Waals surface area contributed by atoms with Gasteiger partial charge in [-0.2, -0.15) is 0 Å². The summed E-state index contributed by atoms with van der Waals surface area (Å²) in [6.07, 6.45) is 1.73. The monoisotopic (exact) mass is 260 g/mol. The molecule has 76 valence electrons. The second-order valence-corrected chi connectivity index (χ2v) is 3.05. The number of hydrogen-bond donors (Lipinski definition) is 0. The zero-order chi connectivity index (χ0) is 10.6. The summed E-state index contributed by atoms with van der Waals surface area (Å²) in [5, 5.41) is 0. The third kappa shape index (κ3) is 2.26. The topological polar surface area (TPSA) is 18.5 Å². The van der Waals surface area contributed by atoms with Gasteiger partial charge in [-0.25, -0.2) is 4.39 Å². The van der Waals surface area contributed by atoms with Crippen molar-refractivity contribution in [2.24, 2.45) is 0 Å². The number of halogens is 2. The van der Waals surface area contributed by atoms with Crippen LogP contribution in [0.1, 0.15) is 5.56 Å². The number of hydrogen-bond acceptors (Lipinski definition) is 2. The molecule has 14 heavy (non-hydrogen) atoms. The van der Waals surface area contributed by atoms with Gasteiger partial charge in [-0.05, 0) is 11.1 Å². The van der Waals surface area contributed by atoms with Gasteiger partial charge in [0.2, 0.25) is 0 Å². The maximum Gasteiger partial charge on any atom is 0.132 e. The average molecular weight is 261 g/mol. The van der Waals surface area contributed by atoms with Crippen LogP contribution in [-0.2, 0) is 0 Å². The van der Waals surface area contributed by atoms with Crippen molar-refractivity contribution in [3.05, 3.63) is 28.5 Å². The summed E-state index contributed by atoms with van der Waals surface area (Å²) in [5.41, 5.74) is 0.702. The number of ether oxygens (including phenoxy) is 2. The fraction of sp³-hybridized carbons (Fsp3) is 0.200. The van der Waals surface area contributed by atoms with Crippen molar-refractivity contribution < 1.29 is 13.9 Å². The minimum absolute atomic E-state index is 0.384. The van der Waals surface area contributed by atoms with Crippen LogP contribution in [-0.4, -0.2) is 14.2 Å². The Labute approximate surface area is 90.5 Å². The third-order valence-electron chi connectivity index (χ3n) is 1.74. The lowest BCUT2D eigenvalue weighted by Gasteiger charge is -2.09. The molecule has 0 heterocycles. The van der Waals surface area contributed by atoms with E-state index >= 15 is 0 Å². The molecule has 1 rings (SSSR count). The van der Waals surface area contributed by atoms with E-state index in [1.807, 2.05) is 0 Å². The summed E-state index contributed by atoms with van der Waals surface area (Å²) in [4.78, 5) is 1.66. The first-order chi connectivity index (χ1) is 6.72. The second-order valence-electron chi connectivity index (χ2n) is 2.52. The molecule has 0 N–H and O–H groups in total. The summed E-state index contributed by atoms with van der Waals surface area (Å²) < 4.78 is 23.1. The highest BCUT2D eigenvalue weighted by Crippen LogP contribution is 2.31. The molecule has 0 saturated carbocycles. The average Bonchev–Trinajstić information content (AvgIpc) is 2.20. The molecule has 0 aromatic heterocycles. The molecule has 0 spiro atoms. The van der Waals surface area contributed by atoms with Gasteiger partial charge in [-0.15, -0.1) is 0 Å². The number of methoxy groups -OCH3 is 2. The van der Waals surface area contributed by atoms with Gasteiger partial charge in [0.15, 0.2) is 0 Å². The maximum absolute atomic E-state index is 13.0. The van der Waals surface area contributed by atoms with Crippen LogP contribution in [0.25, 0.3) is 6.08 Å². The summed E-state index contributed by atoms with van der Waals surface area (Å²) in [6, 6.07) is 2.62. The molecule has 1 aromatic rings. The molecule has 0 saturated heterocycles. The van der Waals surface area contributed by atoms with Crippen LogP contribution in [0, 0.1) is 5.82 Å². The Hall–Kier alpha value is -1.03. The largest absolute Gasteiger partial charge is 0.496 e. The van der Waals surface area contributed by atoms with Gasteiger partial charge in [0, 0.05) is 12.1 Å². The van der Waals surface area contributed by atoms with E-state index in [9.17, 15) is 4.39 Å². The minimum Gasteiger partial charge on any atom is -0.496 e. The van der Waals surface area contributed by atoms with Crippen LogP contribution in [0.5, 0.6) is 11.5 Å². The lowest BCUT2D eigenvalue weighted by molar-refractivity contribution is 0.387. The highest BCUT2D eigenvalue weighted by atomic mass is 79.9. The van der Waals surface area contributed by atoms with Gasteiger partial charge >= 0.3 is 0 Å². The van der Waals surface area contributed by atoms with E-state index in [2.05, 4.69) is 15.9 Å². The Bertz CT molecular complexity index is 325. The van der Waals surface area contributed by atoms with Gasteiger partial charge in [-0.3, -0.25) is 0 Å². The molecule has 0 radical (unpaired) electrons. The van der Waals surface area contributed by atoms with Crippen molar-refractivity contribution in [2.75, 3.05) is 14.2 Å². The first kappa shape index (κ1) is 11.0. The van der Waals surface area contributed by atoms with Crippen LogP contribution in [0.4, 0.5) is 4.39 Å². The molecule has 4 heteroatoms. The predicted molar refractivity (Wildman–Crippen MR) is 57.5 cm³/mol. The first-order valence-corrected chi connectivity index (χ1v) is 4.82. The normalized spacial score (nSPS) is 10.6. The molecule has 0 aliphatic rings. The molecule has 0 fully saturated rings. The fourth-order valence-corrected chi connectivity index (χ4v) is 1.40. The summed E-state index contributed by atoms with van der Waals surface area (Å²) >= 11 is 3.15. The minimum atomic E-state index is -0.384. The molecular formula is C10H10BrFO2. The predicted octanol–water partition coefficient (Wildman–Crippen LogP) is 3.21. The molecule has 0 aliphatic heterocycles. The molecule has 0 unspecified atom stereocenters. The van der Waals surface area contributed by atoms with Crippen molar-refractivity contribution in [2.45, 2.75) is 0 Å². The summed E-state index contributed by atoms with van der Waals surface area (Å²) in [7, 11) is 2.97. The Morgan fingerprint density at radius 3 is 2.07 bits per heavy atom. The Morgan fingerprint density at radius 1 is 1.21 bits per heavy atom. The van der Waals surface area contributed by atoms with Gasteiger partial charge < -0.3 is 9.47 Å². The van der Waals surface area contributed by atoms with Gasteiger partial charge in [0.1, 0.15) is 17.3 Å². The van der Waals surface area contributed by atoms with E-state index in [-0.39, 0.29) is 5.82 Å². The lowest BCUT2D eigenvalue weighted by Crippen LogP contribution is -1.93. The Kier molecular flexibility index (Phi) is 3.95. The van der Waals surface area contributed by atoms with E-state index in [1.54, 1.807) is 11.1 Å². The fourth-order valence-electron chi connectivity index (χ4n) is 1.13. The van der Waals surface area contributed by atoms with Crippen molar-refractivity contribution >= 4 is 22.0 Å². The highest BCUT2D eigenvalue weighted by Gasteiger charge is 2.09. The van der Waals surface area contributed by atoms with Crippen molar-refractivity contribution in [1.82, 2.24) is 0 Å². The molecular weight excluding hydrogens is 251 g/mol. The van der Waals surface area contributed by atoms with E-state index in [0.717, 1.165) is 0 Å². The third-order valence-corrected chi connectivity index (χ3v) is 2.00. The van der Waals surface area contributed by atoms with Crippen molar-refractivity contribution in [1.29, 1.82) is 0 Å². The second kappa shape index (κ2) is 5.00. The van der Waals surface area contributed by atoms with Crippen LogP contribution < -0.4 is 9.47 Å². The van der Waals surface area contributed by atoms with E-state index < -0.39 is 0 Å².